The fourth-order valence-corrected chi connectivity index (χ4v) is 2.46. The van der Waals surface area contributed by atoms with Gasteiger partial charge in [-0.25, -0.2) is 4.79 Å². The average molecular weight is 327 g/mol. The van der Waals surface area contributed by atoms with E-state index < -0.39 is 5.60 Å². The van der Waals surface area contributed by atoms with Crippen molar-refractivity contribution in [1.82, 2.24) is 4.90 Å². The van der Waals surface area contributed by atoms with E-state index in [1.165, 1.54) is 0 Å². The molecule has 0 N–H and O–H groups in total. The third-order valence-corrected chi connectivity index (χ3v) is 3.63. The zero-order valence-electron chi connectivity index (χ0n) is 14.2. The number of nitriles is 2. The Hall–Kier alpha value is -2.73. The number of benzene rings is 1. The molecule has 0 aromatic heterocycles. The summed E-state index contributed by atoms with van der Waals surface area (Å²) in [6, 6.07) is 8.84. The molecule has 1 amide bonds. The van der Waals surface area contributed by atoms with Crippen LogP contribution >= 0.6 is 0 Å². The fourth-order valence-electron chi connectivity index (χ4n) is 2.46. The van der Waals surface area contributed by atoms with Crippen LogP contribution in [0.25, 0.3) is 0 Å². The molecule has 2 rings (SSSR count). The lowest BCUT2D eigenvalue weighted by Crippen LogP contribution is -2.44. The van der Waals surface area contributed by atoms with E-state index in [2.05, 4.69) is 0 Å². The fraction of sp³-hybridized carbons (Fsp3) is 0.500. The van der Waals surface area contributed by atoms with Gasteiger partial charge in [0.25, 0.3) is 0 Å². The van der Waals surface area contributed by atoms with Crippen molar-refractivity contribution in [1.29, 1.82) is 10.5 Å². The van der Waals surface area contributed by atoms with Crippen molar-refractivity contribution < 1.29 is 14.3 Å². The minimum absolute atomic E-state index is 0.0248. The van der Waals surface area contributed by atoms with Crippen molar-refractivity contribution in [3.05, 3.63) is 29.3 Å². The highest BCUT2D eigenvalue weighted by Gasteiger charge is 2.27. The van der Waals surface area contributed by atoms with Crippen LogP contribution in [0.5, 0.6) is 5.75 Å². The highest BCUT2D eigenvalue weighted by molar-refractivity contribution is 5.68. The molecule has 0 radical (unpaired) electrons. The molecule has 24 heavy (non-hydrogen) atoms. The first kappa shape index (κ1) is 17.6. The minimum Gasteiger partial charge on any atom is -0.490 e. The summed E-state index contributed by atoms with van der Waals surface area (Å²) in [5, 5.41) is 18.0. The first-order valence-corrected chi connectivity index (χ1v) is 7.91. The van der Waals surface area contributed by atoms with Gasteiger partial charge in [0.1, 0.15) is 29.6 Å². The van der Waals surface area contributed by atoms with Crippen LogP contribution in [0.2, 0.25) is 0 Å². The largest absolute Gasteiger partial charge is 0.490 e. The summed E-state index contributed by atoms with van der Waals surface area (Å²) < 4.78 is 11.3. The molecule has 0 bridgehead atoms. The molecular weight excluding hydrogens is 306 g/mol. The number of carbonyl (C=O) groups excluding carboxylic acids is 1. The number of piperidine rings is 1. The van der Waals surface area contributed by atoms with E-state index in [1.807, 2.05) is 32.9 Å². The summed E-state index contributed by atoms with van der Waals surface area (Å²) in [5.41, 5.74) is 0.145. The summed E-state index contributed by atoms with van der Waals surface area (Å²) in [6.45, 7) is 6.68. The van der Waals surface area contributed by atoms with Crippen LogP contribution in [0.4, 0.5) is 4.79 Å². The number of ether oxygens (including phenoxy) is 2. The second-order valence-electron chi connectivity index (χ2n) is 6.72. The lowest BCUT2D eigenvalue weighted by atomic mass is 10.1. The first-order chi connectivity index (χ1) is 11.3. The number of hydrogen-bond acceptors (Lipinski definition) is 5. The van der Waals surface area contributed by atoms with Crippen LogP contribution in [0.15, 0.2) is 18.2 Å². The molecule has 0 saturated carbocycles. The van der Waals surface area contributed by atoms with Crippen molar-refractivity contribution in [2.75, 3.05) is 13.1 Å². The van der Waals surface area contributed by atoms with E-state index in [4.69, 9.17) is 20.0 Å². The van der Waals surface area contributed by atoms with Crippen LogP contribution in [0.1, 0.15) is 44.7 Å². The van der Waals surface area contributed by atoms with Crippen LogP contribution in [0, 0.1) is 22.7 Å². The molecule has 6 nitrogen and oxygen atoms in total. The quantitative estimate of drug-likeness (QED) is 0.832. The van der Waals surface area contributed by atoms with Crippen molar-refractivity contribution in [2.45, 2.75) is 45.3 Å². The molecule has 6 heteroatoms. The van der Waals surface area contributed by atoms with Crippen LogP contribution in [0.3, 0.4) is 0 Å². The molecule has 1 saturated heterocycles. The van der Waals surface area contributed by atoms with Gasteiger partial charge in [-0.2, -0.15) is 10.5 Å². The molecular formula is C18H21N3O3. The van der Waals surface area contributed by atoms with Gasteiger partial charge in [0.2, 0.25) is 0 Å². The molecule has 1 heterocycles. The van der Waals surface area contributed by atoms with Crippen molar-refractivity contribution >= 4 is 6.09 Å². The maximum atomic E-state index is 12.0. The smallest absolute Gasteiger partial charge is 0.410 e. The Labute approximate surface area is 142 Å². The van der Waals surface area contributed by atoms with Gasteiger partial charge in [-0.15, -0.1) is 0 Å². The summed E-state index contributed by atoms with van der Waals surface area (Å²) in [6.07, 6.45) is 1.07. The van der Waals surface area contributed by atoms with Gasteiger partial charge in [0.05, 0.1) is 11.1 Å². The molecule has 1 aromatic rings. The van der Waals surface area contributed by atoms with Gasteiger partial charge in [0, 0.05) is 25.9 Å². The highest BCUT2D eigenvalue weighted by Crippen LogP contribution is 2.22. The van der Waals surface area contributed by atoms with E-state index in [0.717, 1.165) is 0 Å². The lowest BCUT2D eigenvalue weighted by Gasteiger charge is -2.33. The predicted molar refractivity (Wildman–Crippen MR) is 87.3 cm³/mol. The van der Waals surface area contributed by atoms with Gasteiger partial charge < -0.3 is 14.4 Å². The second kappa shape index (κ2) is 7.23. The Balaban J connectivity index is 1.91. The van der Waals surface area contributed by atoms with E-state index in [0.29, 0.717) is 42.8 Å². The normalized spacial score (nSPS) is 15.3. The van der Waals surface area contributed by atoms with Crippen LogP contribution < -0.4 is 4.74 Å². The van der Waals surface area contributed by atoms with Gasteiger partial charge in [0.15, 0.2) is 0 Å². The topological polar surface area (TPSA) is 86.3 Å². The van der Waals surface area contributed by atoms with Crippen molar-refractivity contribution in [2.24, 2.45) is 0 Å². The van der Waals surface area contributed by atoms with E-state index in [9.17, 15) is 4.79 Å². The molecule has 0 unspecified atom stereocenters. The number of likely N-dealkylation sites (tertiary alicyclic amines) is 1. The summed E-state index contributed by atoms with van der Waals surface area (Å²) >= 11 is 0. The Bertz CT molecular complexity index is 687. The van der Waals surface area contributed by atoms with Crippen LogP contribution in [-0.2, 0) is 4.74 Å². The Kier molecular flexibility index (Phi) is 5.31. The Morgan fingerprint density at radius 2 is 1.79 bits per heavy atom. The molecule has 1 aliphatic rings. The minimum atomic E-state index is -0.499. The molecule has 126 valence electrons. The summed E-state index contributed by atoms with van der Waals surface area (Å²) in [5.74, 6) is 0.571. The molecule has 0 aliphatic carbocycles. The second-order valence-corrected chi connectivity index (χ2v) is 6.72. The molecule has 1 aliphatic heterocycles. The SMILES string of the molecule is CC(C)(C)OC(=O)N1CCC(Oc2ccc(C#N)c(C#N)c2)CC1. The molecule has 1 aromatic carbocycles. The highest BCUT2D eigenvalue weighted by atomic mass is 16.6. The van der Waals surface area contributed by atoms with Gasteiger partial charge >= 0.3 is 6.09 Å². The number of hydrogen-bond donors (Lipinski definition) is 0. The van der Waals surface area contributed by atoms with Crippen molar-refractivity contribution in [3.63, 3.8) is 0 Å². The molecule has 0 atom stereocenters. The van der Waals surface area contributed by atoms with Crippen molar-refractivity contribution in [3.8, 4) is 17.9 Å². The maximum Gasteiger partial charge on any atom is 0.410 e. The summed E-state index contributed by atoms with van der Waals surface area (Å²) in [4.78, 5) is 13.7. The third-order valence-electron chi connectivity index (χ3n) is 3.63. The molecule has 1 fully saturated rings. The van der Waals surface area contributed by atoms with Gasteiger partial charge in [-0.05, 0) is 39.0 Å². The third kappa shape index (κ3) is 4.63. The lowest BCUT2D eigenvalue weighted by molar-refractivity contribution is 0.0126. The molecule has 0 spiro atoms. The van der Waals surface area contributed by atoms with E-state index in [-0.39, 0.29) is 12.2 Å². The zero-order chi connectivity index (χ0) is 17.7. The Morgan fingerprint density at radius 3 is 2.33 bits per heavy atom. The van der Waals surface area contributed by atoms with Gasteiger partial charge in [-0.3, -0.25) is 0 Å². The number of nitrogens with zero attached hydrogens (tertiary/aromatic N) is 3. The number of rotatable bonds is 2. The average Bonchev–Trinajstić information content (AvgIpc) is 2.53. The monoisotopic (exact) mass is 327 g/mol. The number of carbonyl (C=O) groups is 1. The first-order valence-electron chi connectivity index (χ1n) is 7.91. The van der Waals surface area contributed by atoms with Gasteiger partial charge in [-0.1, -0.05) is 0 Å². The summed E-state index contributed by atoms with van der Waals surface area (Å²) in [7, 11) is 0. The Morgan fingerprint density at radius 1 is 1.17 bits per heavy atom. The van der Waals surface area contributed by atoms with E-state index >= 15 is 0 Å². The zero-order valence-corrected chi connectivity index (χ0v) is 14.2. The van der Waals surface area contributed by atoms with Crippen LogP contribution in [-0.4, -0.2) is 35.8 Å². The standard InChI is InChI=1S/C18H21N3O3/c1-18(2,3)24-17(22)21-8-6-15(7-9-21)23-16-5-4-13(11-19)14(10-16)12-20/h4-5,10,15H,6-9H2,1-3H3. The maximum absolute atomic E-state index is 12.0. The van der Waals surface area contributed by atoms with E-state index in [1.54, 1.807) is 23.1 Å². The predicted octanol–water partition coefficient (Wildman–Crippen LogP) is 3.21. The number of amides is 1.